The van der Waals surface area contributed by atoms with E-state index in [0.29, 0.717) is 13.1 Å². The molecule has 4 heterocycles. The second-order valence-corrected chi connectivity index (χ2v) is 16.3. The van der Waals surface area contributed by atoms with Gasteiger partial charge in [0.15, 0.2) is 0 Å². The lowest BCUT2D eigenvalue weighted by Crippen LogP contribution is -2.51. The first-order valence-electron chi connectivity index (χ1n) is 20.4. The Hall–Kier alpha value is -5.46. The fourth-order valence-corrected chi connectivity index (χ4v) is 8.74. The Labute approximate surface area is 334 Å². The molecule has 3 amide bonds. The minimum absolute atomic E-state index is 0.00731. The Morgan fingerprint density at radius 1 is 0.789 bits per heavy atom. The number of ether oxygens (including phenoxy) is 2. The largest absolute Gasteiger partial charge is 0.469 e. The van der Waals surface area contributed by atoms with Crippen molar-refractivity contribution in [3.05, 3.63) is 71.6 Å². The Morgan fingerprint density at radius 2 is 1.46 bits per heavy atom. The van der Waals surface area contributed by atoms with E-state index in [4.69, 9.17) is 19.4 Å². The maximum absolute atomic E-state index is 13.8. The van der Waals surface area contributed by atoms with E-state index in [1.54, 1.807) is 0 Å². The summed E-state index contributed by atoms with van der Waals surface area (Å²) in [7, 11) is 2.66. The zero-order valence-electron chi connectivity index (χ0n) is 33.9. The molecule has 13 heteroatoms. The van der Waals surface area contributed by atoms with Crippen LogP contribution < -0.4 is 5.32 Å². The first kappa shape index (κ1) is 39.8. The highest BCUT2D eigenvalue weighted by molar-refractivity contribution is 5.87. The lowest BCUT2D eigenvalue weighted by molar-refractivity contribution is -0.148. The summed E-state index contributed by atoms with van der Waals surface area (Å²) in [6, 6.07) is 14.0. The number of alkyl carbamates (subject to hydrolysis) is 1. The molecule has 4 atom stereocenters. The van der Waals surface area contributed by atoms with Crippen molar-refractivity contribution in [2.75, 3.05) is 27.3 Å². The average molecular weight is 778 g/mol. The van der Waals surface area contributed by atoms with Crippen LogP contribution >= 0.6 is 0 Å². The van der Waals surface area contributed by atoms with Gasteiger partial charge in [-0.25, -0.2) is 14.8 Å². The molecule has 0 unspecified atom stereocenters. The van der Waals surface area contributed by atoms with Gasteiger partial charge >= 0.3 is 12.1 Å². The average Bonchev–Trinajstić information content (AvgIpc) is 4.04. The second kappa shape index (κ2) is 17.0. The van der Waals surface area contributed by atoms with Crippen molar-refractivity contribution in [1.29, 1.82) is 0 Å². The van der Waals surface area contributed by atoms with Crippen molar-refractivity contribution in [3.63, 3.8) is 0 Å². The maximum Gasteiger partial charge on any atom is 0.407 e. The molecule has 0 spiro atoms. The molecular weight excluding hydrogens is 723 g/mol. The van der Waals surface area contributed by atoms with Crippen LogP contribution in [-0.2, 0) is 36.7 Å². The SMILES string of the molecule is COC(=O)C[C@H](C(=O)N1CCC[C@H]1c1nc2c([nH]1)CCCc1cc(-c3ccc(-c4cnc([C@@H]5CCCN5C(=O)[C@@H](NC(=O)OC)C(C)C)[nH]4)cc3)ccc1-2)C(C)C. The molecule has 57 heavy (non-hydrogen) atoms. The summed E-state index contributed by atoms with van der Waals surface area (Å²) in [5.74, 6) is 0.528. The van der Waals surface area contributed by atoms with Gasteiger partial charge in [0.1, 0.15) is 17.7 Å². The maximum atomic E-state index is 13.8. The molecule has 3 aliphatic rings. The molecule has 0 bridgehead atoms. The number of H-pyrrole nitrogens is 2. The fourth-order valence-electron chi connectivity index (χ4n) is 8.74. The minimum Gasteiger partial charge on any atom is -0.469 e. The van der Waals surface area contributed by atoms with E-state index in [0.717, 1.165) is 95.9 Å². The van der Waals surface area contributed by atoms with Crippen molar-refractivity contribution >= 4 is 23.9 Å². The summed E-state index contributed by atoms with van der Waals surface area (Å²) < 4.78 is 9.68. The van der Waals surface area contributed by atoms with Gasteiger partial charge in [0, 0.05) is 24.3 Å². The van der Waals surface area contributed by atoms with E-state index in [2.05, 4.69) is 57.7 Å². The number of imidazole rings is 2. The number of hydrogen-bond donors (Lipinski definition) is 3. The van der Waals surface area contributed by atoms with Crippen LogP contribution in [-0.4, -0.2) is 87.0 Å². The number of likely N-dealkylation sites (tertiary alicyclic amines) is 2. The van der Waals surface area contributed by atoms with E-state index in [1.807, 2.05) is 43.7 Å². The highest BCUT2D eigenvalue weighted by Gasteiger charge is 2.39. The summed E-state index contributed by atoms with van der Waals surface area (Å²) in [6.07, 6.45) is 7.44. The van der Waals surface area contributed by atoms with Crippen molar-refractivity contribution < 1.29 is 28.7 Å². The molecule has 1 aliphatic carbocycles. The molecule has 0 radical (unpaired) electrons. The quantitative estimate of drug-likeness (QED) is 0.135. The number of methoxy groups -OCH3 is 2. The normalized spacial score (nSPS) is 18.9. The number of benzene rings is 2. The molecule has 2 fully saturated rings. The zero-order chi connectivity index (χ0) is 40.4. The standard InChI is InChI=1S/C44H55N7O6/c1-25(2)32(23-37(52)56-5)42(53)50-20-9-13-36(50)41-46-33-11-7-10-30-22-29(18-19-31(30)39(33)48-41)27-14-16-28(17-15-27)34-24-45-40(47-34)35-12-8-21-51(35)43(54)38(26(3)4)49-44(55)57-6/h14-19,22,24-26,32,35-36,38H,7-13,20-21,23H2,1-6H3,(H,45,47)(H,46,48)(H,49,55)/t32-,35-,36-,38-/m0/s1. The van der Waals surface area contributed by atoms with Crippen LogP contribution in [0.5, 0.6) is 0 Å². The van der Waals surface area contributed by atoms with Gasteiger partial charge in [-0.2, -0.15) is 0 Å². The van der Waals surface area contributed by atoms with Crippen LogP contribution in [0, 0.1) is 17.8 Å². The number of aryl methyl sites for hydroxylation is 2. The van der Waals surface area contributed by atoms with Crippen molar-refractivity contribution in [2.45, 2.75) is 97.2 Å². The smallest absolute Gasteiger partial charge is 0.407 e. The molecule has 2 aliphatic heterocycles. The predicted molar refractivity (Wildman–Crippen MR) is 216 cm³/mol. The van der Waals surface area contributed by atoms with Crippen molar-refractivity contribution in [1.82, 2.24) is 35.1 Å². The number of fused-ring (bicyclic) bond motifs is 3. The summed E-state index contributed by atoms with van der Waals surface area (Å²) >= 11 is 0. The number of aromatic amines is 2. The number of esters is 1. The van der Waals surface area contributed by atoms with Gasteiger partial charge in [0.2, 0.25) is 11.8 Å². The molecule has 4 aromatic rings. The van der Waals surface area contributed by atoms with E-state index in [1.165, 1.54) is 19.8 Å². The molecule has 7 rings (SSSR count). The molecule has 302 valence electrons. The third kappa shape index (κ3) is 8.20. The number of nitrogens with one attached hydrogen (secondary N) is 3. The van der Waals surface area contributed by atoms with Gasteiger partial charge < -0.3 is 34.6 Å². The summed E-state index contributed by atoms with van der Waals surface area (Å²) in [6.45, 7) is 9.02. The number of amides is 3. The molecule has 2 aromatic heterocycles. The molecule has 2 saturated heterocycles. The minimum atomic E-state index is -0.684. The Morgan fingerprint density at radius 3 is 2.12 bits per heavy atom. The summed E-state index contributed by atoms with van der Waals surface area (Å²) in [5.41, 5.74) is 8.54. The second-order valence-electron chi connectivity index (χ2n) is 16.3. The van der Waals surface area contributed by atoms with E-state index >= 15 is 0 Å². The topological polar surface area (TPSA) is 163 Å². The lowest BCUT2D eigenvalue weighted by atomic mass is 9.90. The van der Waals surface area contributed by atoms with Gasteiger partial charge in [0.05, 0.1) is 56.2 Å². The highest BCUT2D eigenvalue weighted by atomic mass is 16.5. The van der Waals surface area contributed by atoms with Gasteiger partial charge in [-0.05, 0) is 79.0 Å². The monoisotopic (exact) mass is 777 g/mol. The molecular formula is C44H55N7O6. The highest BCUT2D eigenvalue weighted by Crippen LogP contribution is 2.39. The Balaban J connectivity index is 1.06. The Bertz CT molecular complexity index is 2100. The number of carbonyl (C=O) groups is 4. The number of carbonyl (C=O) groups excluding carboxylic acids is 4. The fraction of sp³-hybridized carbons (Fsp3) is 0.500. The van der Waals surface area contributed by atoms with Crippen LogP contribution in [0.25, 0.3) is 33.6 Å². The molecule has 13 nitrogen and oxygen atoms in total. The first-order chi connectivity index (χ1) is 27.5. The molecule has 0 saturated carbocycles. The van der Waals surface area contributed by atoms with E-state index in [9.17, 15) is 19.2 Å². The first-order valence-corrected chi connectivity index (χ1v) is 20.4. The third-order valence-electron chi connectivity index (χ3n) is 12.0. The van der Waals surface area contributed by atoms with Crippen LogP contribution in [0.4, 0.5) is 4.79 Å². The van der Waals surface area contributed by atoms with E-state index in [-0.39, 0.29) is 48.1 Å². The Kier molecular flexibility index (Phi) is 11.8. The summed E-state index contributed by atoms with van der Waals surface area (Å²) in [5, 5.41) is 2.71. The van der Waals surface area contributed by atoms with Gasteiger partial charge in [-0.3, -0.25) is 14.4 Å². The molecule has 3 N–H and O–H groups in total. The van der Waals surface area contributed by atoms with Crippen LogP contribution in [0.3, 0.4) is 0 Å². The molecule has 2 aromatic carbocycles. The van der Waals surface area contributed by atoms with Crippen LogP contribution in [0.2, 0.25) is 0 Å². The number of aromatic nitrogens is 4. The van der Waals surface area contributed by atoms with Crippen LogP contribution in [0.15, 0.2) is 48.7 Å². The summed E-state index contributed by atoms with van der Waals surface area (Å²) in [4.78, 5) is 72.3. The van der Waals surface area contributed by atoms with Gasteiger partial charge in [0.25, 0.3) is 0 Å². The van der Waals surface area contributed by atoms with Gasteiger partial charge in [-0.15, -0.1) is 0 Å². The zero-order valence-corrected chi connectivity index (χ0v) is 33.9. The van der Waals surface area contributed by atoms with E-state index < -0.39 is 18.1 Å². The predicted octanol–water partition coefficient (Wildman–Crippen LogP) is 7.17. The van der Waals surface area contributed by atoms with Crippen molar-refractivity contribution in [2.24, 2.45) is 17.8 Å². The lowest BCUT2D eigenvalue weighted by Gasteiger charge is -2.30. The van der Waals surface area contributed by atoms with Crippen LogP contribution in [0.1, 0.15) is 101 Å². The van der Waals surface area contributed by atoms with Crippen molar-refractivity contribution in [3.8, 4) is 33.6 Å². The number of rotatable bonds is 11. The van der Waals surface area contributed by atoms with Gasteiger partial charge in [-0.1, -0.05) is 70.2 Å². The number of nitrogens with zero attached hydrogens (tertiary/aromatic N) is 4. The number of hydrogen-bond acceptors (Lipinski definition) is 8. The third-order valence-corrected chi connectivity index (χ3v) is 12.0.